The molecule has 184 valence electrons. The Labute approximate surface area is 204 Å². The molecular weight excluding hydrogens is 508 g/mol. The first-order valence-corrected chi connectivity index (χ1v) is 10.8. The van der Waals surface area contributed by atoms with Crippen LogP contribution in [-0.4, -0.2) is 9.38 Å². The minimum absolute atomic E-state index is 0.137. The number of furan rings is 1. The summed E-state index contributed by atoms with van der Waals surface area (Å²) in [7, 11) is 0. The van der Waals surface area contributed by atoms with Crippen molar-refractivity contribution in [1.29, 1.82) is 0 Å². The van der Waals surface area contributed by atoms with Gasteiger partial charge in [-0.3, -0.25) is 4.40 Å². The van der Waals surface area contributed by atoms with E-state index < -0.39 is 23.5 Å². The monoisotopic (exact) mass is 521 g/mol. The van der Waals surface area contributed by atoms with Crippen LogP contribution in [0.3, 0.4) is 0 Å². The Balaban J connectivity index is 1.59. The molecule has 0 saturated heterocycles. The zero-order chi connectivity index (χ0) is 25.7. The lowest BCUT2D eigenvalue weighted by Gasteiger charge is -2.11. The van der Waals surface area contributed by atoms with Gasteiger partial charge in [-0.1, -0.05) is 29.8 Å². The molecule has 36 heavy (non-hydrogen) atoms. The van der Waals surface area contributed by atoms with Gasteiger partial charge in [0.2, 0.25) is 0 Å². The van der Waals surface area contributed by atoms with Crippen LogP contribution in [0.2, 0.25) is 5.02 Å². The molecule has 0 fully saturated rings. The summed E-state index contributed by atoms with van der Waals surface area (Å²) in [5.74, 6) is 0.615. The van der Waals surface area contributed by atoms with E-state index in [1.54, 1.807) is 16.5 Å². The highest BCUT2D eigenvalue weighted by molar-refractivity contribution is 6.30. The summed E-state index contributed by atoms with van der Waals surface area (Å²) >= 11 is 6.13. The number of aromatic nitrogens is 2. The first-order valence-electron chi connectivity index (χ1n) is 10.4. The maximum atomic E-state index is 13.2. The van der Waals surface area contributed by atoms with E-state index in [1.165, 1.54) is 42.6 Å². The van der Waals surface area contributed by atoms with E-state index in [2.05, 4.69) is 10.3 Å². The number of anilines is 2. The van der Waals surface area contributed by atoms with Crippen molar-refractivity contribution in [1.82, 2.24) is 9.38 Å². The number of hydrogen-bond acceptors (Lipinski definition) is 3. The molecule has 5 aromatic rings. The number of benzene rings is 2. The average Bonchev–Trinajstić information content (AvgIpc) is 3.44. The Kier molecular flexibility index (Phi) is 5.71. The second-order valence-corrected chi connectivity index (χ2v) is 8.27. The zero-order valence-corrected chi connectivity index (χ0v) is 18.7. The lowest BCUT2D eigenvalue weighted by Crippen LogP contribution is -2.05. The standard InChI is InChI=1S/C25H14ClF6N3O/c26-17-7-10-21-34-22(20-9-8-19(36-20)14-3-1-4-15(11-14)24(27,28)29)23(35(21)13-17)33-18-6-2-5-16(12-18)25(30,31)32/h1-13,33H. The van der Waals surface area contributed by atoms with Crippen molar-refractivity contribution in [3.05, 3.63) is 95.1 Å². The number of imidazole rings is 1. The Hall–Kier alpha value is -3.92. The van der Waals surface area contributed by atoms with E-state index in [-0.39, 0.29) is 34.3 Å². The average molecular weight is 522 g/mol. The van der Waals surface area contributed by atoms with Crippen LogP contribution in [0.4, 0.5) is 37.8 Å². The number of hydrogen-bond donors (Lipinski definition) is 1. The molecule has 0 saturated carbocycles. The van der Waals surface area contributed by atoms with Gasteiger partial charge in [0.15, 0.2) is 5.76 Å². The maximum Gasteiger partial charge on any atom is 0.416 e. The van der Waals surface area contributed by atoms with Crippen molar-refractivity contribution in [3.63, 3.8) is 0 Å². The fourth-order valence-electron chi connectivity index (χ4n) is 3.69. The second kappa shape index (κ2) is 8.63. The number of nitrogens with one attached hydrogen (secondary N) is 1. The van der Waals surface area contributed by atoms with Gasteiger partial charge in [-0.25, -0.2) is 4.98 Å². The van der Waals surface area contributed by atoms with Crippen molar-refractivity contribution in [2.24, 2.45) is 0 Å². The zero-order valence-electron chi connectivity index (χ0n) is 18.0. The molecule has 0 unspecified atom stereocenters. The molecule has 4 nitrogen and oxygen atoms in total. The van der Waals surface area contributed by atoms with Crippen LogP contribution in [0, 0.1) is 0 Å². The van der Waals surface area contributed by atoms with E-state index in [4.69, 9.17) is 16.0 Å². The van der Waals surface area contributed by atoms with Gasteiger partial charge in [0.1, 0.15) is 22.9 Å². The Morgan fingerprint density at radius 3 is 2.17 bits per heavy atom. The number of alkyl halides is 6. The Morgan fingerprint density at radius 2 is 1.44 bits per heavy atom. The third kappa shape index (κ3) is 4.64. The molecule has 2 aromatic carbocycles. The van der Waals surface area contributed by atoms with Crippen molar-refractivity contribution >= 4 is 28.8 Å². The highest BCUT2D eigenvalue weighted by Crippen LogP contribution is 2.38. The molecule has 1 N–H and O–H groups in total. The quantitative estimate of drug-likeness (QED) is 0.240. The van der Waals surface area contributed by atoms with Crippen LogP contribution in [-0.2, 0) is 12.4 Å². The van der Waals surface area contributed by atoms with Crippen LogP contribution < -0.4 is 5.32 Å². The van der Waals surface area contributed by atoms with E-state index in [1.807, 2.05) is 0 Å². The van der Waals surface area contributed by atoms with Gasteiger partial charge in [0.05, 0.1) is 16.1 Å². The normalized spacial score (nSPS) is 12.3. The summed E-state index contributed by atoms with van der Waals surface area (Å²) in [6.45, 7) is 0. The van der Waals surface area contributed by atoms with Crippen LogP contribution in [0.15, 0.2) is 83.4 Å². The summed E-state index contributed by atoms with van der Waals surface area (Å²) in [5.41, 5.74) is -0.681. The van der Waals surface area contributed by atoms with Crippen LogP contribution in [0.5, 0.6) is 0 Å². The summed E-state index contributed by atoms with van der Waals surface area (Å²) < 4.78 is 86.4. The molecule has 5 rings (SSSR count). The minimum atomic E-state index is -4.54. The molecule has 11 heteroatoms. The third-order valence-corrected chi connectivity index (χ3v) is 5.57. The topological polar surface area (TPSA) is 42.5 Å². The van der Waals surface area contributed by atoms with E-state index >= 15 is 0 Å². The fraction of sp³-hybridized carbons (Fsp3) is 0.0800. The molecule has 3 aromatic heterocycles. The van der Waals surface area contributed by atoms with Gasteiger partial charge >= 0.3 is 12.4 Å². The number of rotatable bonds is 4. The van der Waals surface area contributed by atoms with Gasteiger partial charge < -0.3 is 9.73 Å². The summed E-state index contributed by atoms with van der Waals surface area (Å²) in [5, 5.41) is 3.29. The molecule has 0 radical (unpaired) electrons. The van der Waals surface area contributed by atoms with Crippen molar-refractivity contribution < 1.29 is 30.8 Å². The SMILES string of the molecule is FC(F)(F)c1cccc(Nc2c(-c3ccc(-c4cccc(C(F)(F)F)c4)o3)nc3ccc(Cl)cn23)c1. The van der Waals surface area contributed by atoms with E-state index in [9.17, 15) is 26.3 Å². The van der Waals surface area contributed by atoms with E-state index in [0.29, 0.717) is 10.7 Å². The molecule has 0 aliphatic heterocycles. The summed E-state index contributed by atoms with van der Waals surface area (Å²) in [4.78, 5) is 4.50. The first kappa shape index (κ1) is 23.8. The minimum Gasteiger partial charge on any atom is -0.454 e. The van der Waals surface area contributed by atoms with Crippen LogP contribution in [0.25, 0.3) is 28.4 Å². The lowest BCUT2D eigenvalue weighted by atomic mass is 10.1. The Bertz CT molecular complexity index is 1570. The molecule has 0 aliphatic carbocycles. The van der Waals surface area contributed by atoms with Crippen LogP contribution >= 0.6 is 11.6 Å². The van der Waals surface area contributed by atoms with E-state index in [0.717, 1.165) is 24.3 Å². The number of pyridine rings is 1. The van der Waals surface area contributed by atoms with Gasteiger partial charge in [-0.2, -0.15) is 26.3 Å². The van der Waals surface area contributed by atoms with Crippen LogP contribution in [0.1, 0.15) is 11.1 Å². The molecule has 0 aliphatic rings. The smallest absolute Gasteiger partial charge is 0.416 e. The lowest BCUT2D eigenvalue weighted by molar-refractivity contribution is -0.138. The maximum absolute atomic E-state index is 13.2. The predicted molar refractivity (Wildman–Crippen MR) is 123 cm³/mol. The summed E-state index contributed by atoms with van der Waals surface area (Å²) in [6, 6.07) is 15.5. The summed E-state index contributed by atoms with van der Waals surface area (Å²) in [6.07, 6.45) is -7.53. The van der Waals surface area contributed by atoms with Gasteiger partial charge in [0.25, 0.3) is 0 Å². The van der Waals surface area contributed by atoms with Crippen molar-refractivity contribution in [2.75, 3.05) is 5.32 Å². The predicted octanol–water partition coefficient (Wildman–Crippen LogP) is 8.70. The molecule has 0 bridgehead atoms. The highest BCUT2D eigenvalue weighted by Gasteiger charge is 2.31. The fourth-order valence-corrected chi connectivity index (χ4v) is 3.85. The molecule has 0 atom stereocenters. The number of fused-ring (bicyclic) bond motifs is 1. The number of halogens is 7. The molecular formula is C25H14ClF6N3O. The van der Waals surface area contributed by atoms with Gasteiger partial charge in [0, 0.05) is 17.4 Å². The van der Waals surface area contributed by atoms with Gasteiger partial charge in [-0.15, -0.1) is 0 Å². The highest BCUT2D eigenvalue weighted by atomic mass is 35.5. The Morgan fingerprint density at radius 1 is 0.778 bits per heavy atom. The first-order chi connectivity index (χ1) is 17.0. The molecule has 0 amide bonds. The number of nitrogens with zero attached hydrogens (tertiary/aromatic N) is 2. The second-order valence-electron chi connectivity index (χ2n) is 7.83. The third-order valence-electron chi connectivity index (χ3n) is 5.35. The molecule has 3 heterocycles. The molecule has 0 spiro atoms. The van der Waals surface area contributed by atoms with Crippen molar-refractivity contribution in [3.8, 4) is 22.8 Å². The largest absolute Gasteiger partial charge is 0.454 e. The van der Waals surface area contributed by atoms with Gasteiger partial charge in [-0.05, 0) is 54.6 Å². The van der Waals surface area contributed by atoms with Crippen molar-refractivity contribution in [2.45, 2.75) is 12.4 Å².